The number of nitro groups is 1. The molecule has 1 heterocycles. The van der Waals surface area contributed by atoms with Crippen LogP contribution in [0.3, 0.4) is 0 Å². The van der Waals surface area contributed by atoms with Gasteiger partial charge in [-0.15, -0.1) is 0 Å². The summed E-state index contributed by atoms with van der Waals surface area (Å²) in [5.74, 6) is -1.61. The summed E-state index contributed by atoms with van der Waals surface area (Å²) in [5, 5.41) is 20.6. The first-order chi connectivity index (χ1) is 14.4. The van der Waals surface area contributed by atoms with Crippen LogP contribution in [0.5, 0.6) is 11.5 Å². The monoisotopic (exact) mass is 410 g/mol. The summed E-state index contributed by atoms with van der Waals surface area (Å²) in [4.78, 5) is 22.6. The first kappa shape index (κ1) is 19.0. The van der Waals surface area contributed by atoms with E-state index in [2.05, 4.69) is 15.5 Å². The minimum atomic E-state index is -0.773. The number of nitrogens with one attached hydrogen (secondary N) is 2. The summed E-state index contributed by atoms with van der Waals surface area (Å²) in [7, 11) is 0. The van der Waals surface area contributed by atoms with Gasteiger partial charge in [-0.05, 0) is 30.3 Å². The number of hydrogen-bond donors (Lipinski definition) is 2. The second-order valence-corrected chi connectivity index (χ2v) is 6.24. The highest BCUT2D eigenvalue weighted by atomic mass is 19.1. The smallest absolute Gasteiger partial charge is 0.269 e. The molecule has 4 aromatic rings. The normalized spacial score (nSPS) is 10.7. The first-order valence-corrected chi connectivity index (χ1v) is 8.57. The molecule has 0 spiro atoms. The molecule has 0 aliphatic rings. The summed E-state index contributed by atoms with van der Waals surface area (Å²) in [5.41, 5.74) is 0.665. The Morgan fingerprint density at radius 1 is 1.00 bits per heavy atom. The molecule has 0 bridgehead atoms. The summed E-state index contributed by atoms with van der Waals surface area (Å²) < 4.78 is 32.2. The van der Waals surface area contributed by atoms with E-state index in [1.807, 2.05) is 0 Å². The lowest BCUT2D eigenvalue weighted by atomic mass is 10.2. The standard InChI is InChI=1S/C20H12F2N4O4/c21-12-7-13(22)9-16(8-12)30-15-5-6-18-17(10-15)19(25-24-18)23-20(27)11-1-3-14(4-2-11)26(28)29/h1-10H,(H2,23,24,25,27). The van der Waals surface area contributed by atoms with Crippen LogP contribution in [-0.2, 0) is 0 Å². The molecule has 2 N–H and O–H groups in total. The number of nitrogens with zero attached hydrogens (tertiary/aromatic N) is 2. The number of halogens is 2. The highest BCUT2D eigenvalue weighted by Crippen LogP contribution is 2.29. The van der Waals surface area contributed by atoms with Gasteiger partial charge in [0, 0.05) is 41.3 Å². The number of carbonyl (C=O) groups is 1. The van der Waals surface area contributed by atoms with Crippen LogP contribution in [0.25, 0.3) is 10.9 Å². The van der Waals surface area contributed by atoms with Crippen molar-refractivity contribution in [3.8, 4) is 11.5 Å². The minimum Gasteiger partial charge on any atom is -0.457 e. The van der Waals surface area contributed by atoms with Crippen molar-refractivity contribution in [2.75, 3.05) is 5.32 Å². The topological polar surface area (TPSA) is 110 Å². The molecule has 0 saturated carbocycles. The van der Waals surface area contributed by atoms with Gasteiger partial charge in [0.25, 0.3) is 11.6 Å². The first-order valence-electron chi connectivity index (χ1n) is 8.57. The Morgan fingerprint density at radius 2 is 1.70 bits per heavy atom. The lowest BCUT2D eigenvalue weighted by Gasteiger charge is -2.07. The molecule has 3 aromatic carbocycles. The Bertz CT molecular complexity index is 1250. The van der Waals surface area contributed by atoms with Crippen molar-refractivity contribution >= 4 is 28.3 Å². The number of benzene rings is 3. The number of aromatic amines is 1. The Balaban J connectivity index is 1.58. The van der Waals surface area contributed by atoms with Gasteiger partial charge in [-0.25, -0.2) is 8.78 Å². The van der Waals surface area contributed by atoms with Crippen LogP contribution in [0, 0.1) is 21.7 Å². The second kappa shape index (κ2) is 7.59. The van der Waals surface area contributed by atoms with Gasteiger partial charge in [0.05, 0.1) is 10.4 Å². The summed E-state index contributed by atoms with van der Waals surface area (Å²) in [6, 6.07) is 12.7. The molecule has 10 heteroatoms. The van der Waals surface area contributed by atoms with Crippen LogP contribution >= 0.6 is 0 Å². The molecule has 0 saturated heterocycles. The van der Waals surface area contributed by atoms with E-state index in [0.717, 1.165) is 18.2 Å². The maximum atomic E-state index is 13.4. The third-order valence-corrected chi connectivity index (χ3v) is 4.18. The van der Waals surface area contributed by atoms with Crippen LogP contribution in [0.4, 0.5) is 20.3 Å². The third-order valence-electron chi connectivity index (χ3n) is 4.18. The molecular formula is C20H12F2N4O4. The molecule has 0 atom stereocenters. The van der Waals surface area contributed by atoms with E-state index < -0.39 is 22.5 Å². The fourth-order valence-electron chi connectivity index (χ4n) is 2.79. The fourth-order valence-corrected chi connectivity index (χ4v) is 2.79. The number of rotatable bonds is 5. The Kier molecular flexibility index (Phi) is 4.80. The molecular weight excluding hydrogens is 398 g/mol. The van der Waals surface area contributed by atoms with E-state index in [-0.39, 0.29) is 28.6 Å². The lowest BCUT2D eigenvalue weighted by Crippen LogP contribution is -2.12. The van der Waals surface area contributed by atoms with E-state index in [4.69, 9.17) is 4.74 Å². The number of H-pyrrole nitrogens is 1. The van der Waals surface area contributed by atoms with Gasteiger partial charge >= 0.3 is 0 Å². The molecule has 150 valence electrons. The van der Waals surface area contributed by atoms with Crippen molar-refractivity contribution < 1.29 is 23.2 Å². The van der Waals surface area contributed by atoms with E-state index in [9.17, 15) is 23.7 Å². The molecule has 0 aliphatic heterocycles. The van der Waals surface area contributed by atoms with Crippen molar-refractivity contribution in [3.05, 3.63) is 88.0 Å². The molecule has 0 fully saturated rings. The van der Waals surface area contributed by atoms with Crippen molar-refractivity contribution in [2.24, 2.45) is 0 Å². The Labute approximate surface area is 167 Å². The number of anilines is 1. The lowest BCUT2D eigenvalue weighted by molar-refractivity contribution is -0.384. The number of amides is 1. The molecule has 0 aliphatic carbocycles. The maximum absolute atomic E-state index is 13.4. The van der Waals surface area contributed by atoms with Gasteiger partial charge < -0.3 is 10.1 Å². The van der Waals surface area contributed by atoms with Crippen LogP contribution in [0.15, 0.2) is 60.7 Å². The van der Waals surface area contributed by atoms with E-state index >= 15 is 0 Å². The molecule has 1 amide bonds. The van der Waals surface area contributed by atoms with Gasteiger partial charge in [0.1, 0.15) is 23.1 Å². The third kappa shape index (κ3) is 3.92. The van der Waals surface area contributed by atoms with Crippen molar-refractivity contribution in [2.45, 2.75) is 0 Å². The van der Waals surface area contributed by atoms with Gasteiger partial charge in [-0.1, -0.05) is 0 Å². The number of aromatic nitrogens is 2. The number of fused-ring (bicyclic) bond motifs is 1. The Morgan fingerprint density at radius 3 is 2.37 bits per heavy atom. The zero-order valence-electron chi connectivity index (χ0n) is 15.1. The molecule has 4 rings (SSSR count). The fraction of sp³-hybridized carbons (Fsp3) is 0. The molecule has 1 aromatic heterocycles. The summed E-state index contributed by atoms with van der Waals surface area (Å²) >= 11 is 0. The van der Waals surface area contributed by atoms with Crippen molar-refractivity contribution in [1.82, 2.24) is 10.2 Å². The zero-order valence-corrected chi connectivity index (χ0v) is 15.1. The quantitative estimate of drug-likeness (QED) is 0.363. The number of non-ortho nitro benzene ring substituents is 1. The number of hydrogen-bond acceptors (Lipinski definition) is 5. The van der Waals surface area contributed by atoms with Crippen molar-refractivity contribution in [3.63, 3.8) is 0 Å². The number of carbonyl (C=O) groups excluding carboxylic acids is 1. The second-order valence-electron chi connectivity index (χ2n) is 6.24. The zero-order chi connectivity index (χ0) is 21.3. The van der Waals surface area contributed by atoms with E-state index in [0.29, 0.717) is 10.9 Å². The van der Waals surface area contributed by atoms with Crippen molar-refractivity contribution in [1.29, 1.82) is 0 Å². The molecule has 30 heavy (non-hydrogen) atoms. The molecule has 0 unspecified atom stereocenters. The van der Waals surface area contributed by atoms with Crippen LogP contribution in [-0.4, -0.2) is 21.0 Å². The van der Waals surface area contributed by atoms with Crippen LogP contribution in [0.2, 0.25) is 0 Å². The average Bonchev–Trinajstić information content (AvgIpc) is 3.09. The minimum absolute atomic E-state index is 0.0215. The molecule has 8 nitrogen and oxygen atoms in total. The Hall–Kier alpha value is -4.34. The summed E-state index contributed by atoms with van der Waals surface area (Å²) in [6.45, 7) is 0. The summed E-state index contributed by atoms with van der Waals surface area (Å²) in [6.07, 6.45) is 0. The van der Waals surface area contributed by atoms with E-state index in [1.54, 1.807) is 18.2 Å². The van der Waals surface area contributed by atoms with Crippen LogP contribution < -0.4 is 10.1 Å². The predicted molar refractivity (Wildman–Crippen MR) is 104 cm³/mol. The maximum Gasteiger partial charge on any atom is 0.269 e. The highest BCUT2D eigenvalue weighted by Gasteiger charge is 2.14. The van der Waals surface area contributed by atoms with Gasteiger partial charge in [0.2, 0.25) is 0 Å². The largest absolute Gasteiger partial charge is 0.457 e. The average molecular weight is 410 g/mol. The highest BCUT2D eigenvalue weighted by molar-refractivity contribution is 6.08. The SMILES string of the molecule is O=C(Nc1n[nH]c2ccc(Oc3cc(F)cc(F)c3)cc12)c1ccc([N+](=O)[O-])cc1. The van der Waals surface area contributed by atoms with Crippen LogP contribution in [0.1, 0.15) is 10.4 Å². The number of ether oxygens (including phenoxy) is 1. The molecule has 0 radical (unpaired) electrons. The number of nitro benzene ring substituents is 1. The van der Waals surface area contributed by atoms with Gasteiger partial charge in [0.15, 0.2) is 5.82 Å². The predicted octanol–water partition coefficient (Wildman–Crippen LogP) is 4.79. The van der Waals surface area contributed by atoms with Gasteiger partial charge in [-0.3, -0.25) is 20.0 Å². The van der Waals surface area contributed by atoms with E-state index in [1.165, 1.54) is 24.3 Å². The van der Waals surface area contributed by atoms with Gasteiger partial charge in [-0.2, -0.15) is 5.10 Å².